The number of aromatic nitrogens is 1. The number of nitrogens with two attached hydrogens (primary N) is 1. The SMILES string of the molecule is CO[C@H]1[C@@H](OC(N)=O)[C@@H](O)[C@H](Oc2ccc3c(oc(=O)c4nc(C)oc43)c2C)OC1(C)C. The van der Waals surface area contributed by atoms with Gasteiger partial charge in [-0.1, -0.05) is 0 Å². The highest BCUT2D eigenvalue weighted by molar-refractivity contribution is 6.00. The first-order chi connectivity index (χ1) is 15.0. The molecule has 172 valence electrons. The smallest absolute Gasteiger partial charge is 0.404 e. The van der Waals surface area contributed by atoms with E-state index in [-0.39, 0.29) is 16.8 Å². The number of aryl methyl sites for hydroxylation is 2. The van der Waals surface area contributed by atoms with Crippen LogP contribution in [0.5, 0.6) is 5.75 Å². The van der Waals surface area contributed by atoms with Crippen molar-refractivity contribution in [3.8, 4) is 5.75 Å². The highest BCUT2D eigenvalue weighted by Crippen LogP contribution is 2.36. The van der Waals surface area contributed by atoms with E-state index in [4.69, 9.17) is 33.5 Å². The van der Waals surface area contributed by atoms with Gasteiger partial charge < -0.3 is 38.6 Å². The van der Waals surface area contributed by atoms with Gasteiger partial charge in [-0.05, 0) is 32.9 Å². The van der Waals surface area contributed by atoms with Gasteiger partial charge in [0, 0.05) is 19.6 Å². The molecular weight excluding hydrogens is 424 g/mol. The highest BCUT2D eigenvalue weighted by atomic mass is 16.7. The third-order valence-corrected chi connectivity index (χ3v) is 5.49. The van der Waals surface area contributed by atoms with E-state index in [1.807, 2.05) is 0 Å². The molecular formula is C21H24N2O9. The Morgan fingerprint density at radius 2 is 1.94 bits per heavy atom. The van der Waals surface area contributed by atoms with Crippen molar-refractivity contribution in [3.63, 3.8) is 0 Å². The largest absolute Gasteiger partial charge is 0.462 e. The fourth-order valence-corrected chi connectivity index (χ4v) is 4.07. The number of benzene rings is 1. The van der Waals surface area contributed by atoms with E-state index in [9.17, 15) is 14.7 Å². The van der Waals surface area contributed by atoms with Crippen molar-refractivity contribution in [1.82, 2.24) is 4.98 Å². The molecule has 1 fully saturated rings. The Bertz CT molecular complexity index is 1250. The number of hydrogen-bond acceptors (Lipinski definition) is 10. The first-order valence-electron chi connectivity index (χ1n) is 9.88. The van der Waals surface area contributed by atoms with Crippen LogP contribution in [0.25, 0.3) is 22.1 Å². The summed E-state index contributed by atoms with van der Waals surface area (Å²) < 4.78 is 33.4. The van der Waals surface area contributed by atoms with Crippen molar-refractivity contribution >= 4 is 28.2 Å². The number of oxazole rings is 1. The second kappa shape index (κ2) is 7.76. The van der Waals surface area contributed by atoms with Crippen LogP contribution in [0.4, 0.5) is 4.79 Å². The normalized spacial score (nSPS) is 25.2. The Morgan fingerprint density at radius 1 is 1.22 bits per heavy atom. The summed E-state index contributed by atoms with van der Waals surface area (Å²) in [6.45, 7) is 6.73. The molecule has 0 unspecified atom stereocenters. The molecule has 0 spiro atoms. The van der Waals surface area contributed by atoms with E-state index in [1.54, 1.807) is 39.8 Å². The van der Waals surface area contributed by atoms with Gasteiger partial charge in [-0.3, -0.25) is 0 Å². The number of methoxy groups -OCH3 is 1. The van der Waals surface area contributed by atoms with E-state index < -0.39 is 41.9 Å². The number of nitrogens with zero attached hydrogens (tertiary/aromatic N) is 1. The summed E-state index contributed by atoms with van der Waals surface area (Å²) in [5.41, 5.74) is 4.68. The van der Waals surface area contributed by atoms with Crippen LogP contribution in [-0.4, -0.2) is 53.5 Å². The molecule has 4 atom stereocenters. The Kier molecular flexibility index (Phi) is 5.35. The lowest BCUT2D eigenvalue weighted by molar-refractivity contribution is -0.304. The van der Waals surface area contributed by atoms with Gasteiger partial charge in [0.15, 0.2) is 29.2 Å². The molecule has 11 heteroatoms. The van der Waals surface area contributed by atoms with E-state index in [2.05, 4.69) is 4.98 Å². The van der Waals surface area contributed by atoms with Crippen LogP contribution < -0.4 is 16.1 Å². The van der Waals surface area contributed by atoms with Crippen LogP contribution in [0.15, 0.2) is 25.8 Å². The lowest BCUT2D eigenvalue weighted by Gasteiger charge is -2.47. The zero-order chi connectivity index (χ0) is 23.4. The molecule has 2 aromatic heterocycles. The topological polar surface area (TPSA) is 156 Å². The van der Waals surface area contributed by atoms with Crippen molar-refractivity contribution in [2.45, 2.75) is 57.9 Å². The summed E-state index contributed by atoms with van der Waals surface area (Å²) in [4.78, 5) is 27.8. The maximum absolute atomic E-state index is 12.3. The molecule has 11 nitrogen and oxygen atoms in total. The van der Waals surface area contributed by atoms with Crippen LogP contribution in [0.1, 0.15) is 25.3 Å². The predicted molar refractivity (Wildman–Crippen MR) is 110 cm³/mol. The molecule has 1 aromatic carbocycles. The minimum Gasteiger partial charge on any atom is -0.462 e. The van der Waals surface area contributed by atoms with Crippen LogP contribution in [-0.2, 0) is 14.2 Å². The first-order valence-corrected chi connectivity index (χ1v) is 9.88. The summed E-state index contributed by atoms with van der Waals surface area (Å²) in [5.74, 6) is 0.622. The molecule has 0 radical (unpaired) electrons. The lowest BCUT2D eigenvalue weighted by Crippen LogP contribution is -2.65. The molecule has 1 aliphatic heterocycles. The monoisotopic (exact) mass is 448 g/mol. The molecule has 1 aliphatic rings. The Hall–Kier alpha value is -3.15. The Balaban J connectivity index is 1.73. The number of carbonyl (C=O) groups is 1. The molecule has 1 amide bonds. The zero-order valence-electron chi connectivity index (χ0n) is 18.2. The lowest BCUT2D eigenvalue weighted by atomic mass is 9.89. The molecule has 3 heterocycles. The van der Waals surface area contributed by atoms with Crippen LogP contribution in [0.3, 0.4) is 0 Å². The number of primary amides is 1. The summed E-state index contributed by atoms with van der Waals surface area (Å²) >= 11 is 0. The van der Waals surface area contributed by atoms with Crippen molar-refractivity contribution in [2.24, 2.45) is 5.73 Å². The Labute approximate surface area is 182 Å². The van der Waals surface area contributed by atoms with Crippen molar-refractivity contribution < 1.29 is 37.7 Å². The van der Waals surface area contributed by atoms with Gasteiger partial charge in [0.1, 0.15) is 17.4 Å². The molecule has 0 aliphatic carbocycles. The van der Waals surface area contributed by atoms with E-state index >= 15 is 0 Å². The minimum absolute atomic E-state index is 0.105. The average molecular weight is 448 g/mol. The molecule has 1 saturated heterocycles. The van der Waals surface area contributed by atoms with E-state index in [0.29, 0.717) is 22.4 Å². The molecule has 32 heavy (non-hydrogen) atoms. The number of fused-ring (bicyclic) bond motifs is 3. The highest BCUT2D eigenvalue weighted by Gasteiger charge is 2.53. The zero-order valence-corrected chi connectivity index (χ0v) is 18.2. The minimum atomic E-state index is -1.41. The summed E-state index contributed by atoms with van der Waals surface area (Å²) in [5, 5.41) is 11.4. The average Bonchev–Trinajstić information content (AvgIpc) is 3.10. The van der Waals surface area contributed by atoms with Crippen LogP contribution in [0.2, 0.25) is 0 Å². The fourth-order valence-electron chi connectivity index (χ4n) is 4.07. The van der Waals surface area contributed by atoms with Crippen molar-refractivity contribution in [3.05, 3.63) is 34.0 Å². The number of amides is 1. The van der Waals surface area contributed by atoms with E-state index in [0.717, 1.165) is 0 Å². The number of aliphatic hydroxyl groups excluding tert-OH is 1. The Morgan fingerprint density at radius 3 is 2.59 bits per heavy atom. The maximum Gasteiger partial charge on any atom is 0.404 e. The molecule has 4 rings (SSSR count). The van der Waals surface area contributed by atoms with Gasteiger partial charge >= 0.3 is 11.7 Å². The maximum atomic E-state index is 12.3. The number of rotatable bonds is 4. The third-order valence-electron chi connectivity index (χ3n) is 5.49. The molecule has 3 N–H and O–H groups in total. The molecule has 0 saturated carbocycles. The van der Waals surface area contributed by atoms with Gasteiger partial charge in [-0.2, -0.15) is 0 Å². The van der Waals surface area contributed by atoms with Crippen molar-refractivity contribution in [1.29, 1.82) is 0 Å². The summed E-state index contributed by atoms with van der Waals surface area (Å²) in [6.07, 6.45) is -5.66. The fraction of sp³-hybridized carbons (Fsp3) is 0.476. The van der Waals surface area contributed by atoms with Gasteiger partial charge in [-0.15, -0.1) is 0 Å². The van der Waals surface area contributed by atoms with Gasteiger partial charge in [0.05, 0.1) is 11.0 Å². The second-order valence-corrected chi connectivity index (χ2v) is 8.12. The number of ether oxygens (including phenoxy) is 4. The van der Waals surface area contributed by atoms with Crippen LogP contribution >= 0.6 is 0 Å². The quantitative estimate of drug-likeness (QED) is 0.565. The van der Waals surface area contributed by atoms with Crippen LogP contribution in [0, 0.1) is 13.8 Å². The second-order valence-electron chi connectivity index (χ2n) is 8.12. The predicted octanol–water partition coefficient (Wildman–Crippen LogP) is 1.90. The number of hydrogen-bond donors (Lipinski definition) is 2. The molecule has 0 bridgehead atoms. The van der Waals surface area contributed by atoms with Crippen molar-refractivity contribution in [2.75, 3.05) is 7.11 Å². The molecule has 3 aromatic rings. The number of carbonyl (C=O) groups excluding carboxylic acids is 1. The third kappa shape index (κ3) is 3.57. The van der Waals surface area contributed by atoms with Gasteiger partial charge in [0.25, 0.3) is 0 Å². The number of aliphatic hydroxyl groups is 1. The van der Waals surface area contributed by atoms with Gasteiger partial charge in [-0.25, -0.2) is 14.6 Å². The van der Waals surface area contributed by atoms with E-state index in [1.165, 1.54) is 7.11 Å². The standard InChI is InChI=1S/C21H24N2O9/c1-8-11(7-6-10-14(8)30-18(25)12-15(10)28-9(2)23-12)29-19-13(24)16(31-20(22)26)17(27-5)21(3,4)32-19/h6-7,13,16-17,19,24H,1-5H3,(H2,22,26)/t13-,16+,17+,19-/m1/s1. The summed E-state index contributed by atoms with van der Waals surface area (Å²) in [7, 11) is 1.41. The first kappa shape index (κ1) is 22.1. The summed E-state index contributed by atoms with van der Waals surface area (Å²) in [6, 6.07) is 3.29. The van der Waals surface area contributed by atoms with Gasteiger partial charge in [0.2, 0.25) is 6.29 Å².